The van der Waals surface area contributed by atoms with Gasteiger partial charge in [0.15, 0.2) is 0 Å². The van der Waals surface area contributed by atoms with Crippen LogP contribution in [-0.2, 0) is 65.6 Å². The molecule has 0 aromatic heterocycles. The molecule has 2 aromatic rings. The van der Waals surface area contributed by atoms with E-state index in [1.165, 1.54) is 19.1 Å². The number of primary amides is 1. The lowest BCUT2D eigenvalue weighted by Crippen LogP contribution is -2.59. The molecule has 0 unspecified atom stereocenters. The van der Waals surface area contributed by atoms with Crippen LogP contribution in [0.4, 0.5) is 15.3 Å². The predicted octanol–water partition coefficient (Wildman–Crippen LogP) is 4.01. The summed E-state index contributed by atoms with van der Waals surface area (Å²) in [5.74, 6) is -4.26. The number of nitriles is 1. The molecule has 27 nitrogen and oxygen atoms in total. The molecule has 96 heavy (non-hydrogen) atoms. The molecule has 9 N–H and O–H groups in total. The minimum Gasteiger partial charge on any atom is -0.443 e. The van der Waals surface area contributed by atoms with Gasteiger partial charge in [-0.3, -0.25) is 48.2 Å². The van der Waals surface area contributed by atoms with Gasteiger partial charge in [-0.25, -0.2) is 9.59 Å². The molecule has 0 spiro atoms. The Kier molecular flexibility index (Phi) is 34.0. The van der Waals surface area contributed by atoms with Crippen molar-refractivity contribution in [2.24, 2.45) is 41.2 Å². The number of amides is 10. The van der Waals surface area contributed by atoms with E-state index in [0.29, 0.717) is 23.6 Å². The molecular weight excluding hydrogens is 1230 g/mol. The van der Waals surface area contributed by atoms with E-state index in [9.17, 15) is 43.6 Å². The van der Waals surface area contributed by atoms with E-state index < -0.39 is 102 Å². The fourth-order valence-electron chi connectivity index (χ4n) is 12.8. The van der Waals surface area contributed by atoms with Crippen molar-refractivity contribution in [3.8, 4) is 6.07 Å². The fourth-order valence-corrected chi connectivity index (χ4v) is 12.8. The summed E-state index contributed by atoms with van der Waals surface area (Å²) < 4.78 is 17.7. The molecule has 2 saturated heterocycles. The molecule has 0 radical (unpaired) electrons. The number of likely N-dealkylation sites (tertiary alicyclic amines) is 2. The van der Waals surface area contributed by atoms with Gasteiger partial charge in [-0.05, 0) is 120 Å². The topological polar surface area (TPSA) is 341 Å². The Balaban J connectivity index is 1.49. The largest absolute Gasteiger partial charge is 0.443 e. The van der Waals surface area contributed by atoms with Crippen LogP contribution in [0.15, 0.2) is 54.6 Å². The van der Waals surface area contributed by atoms with E-state index in [1.54, 1.807) is 57.0 Å². The number of benzene rings is 2. The van der Waals surface area contributed by atoms with Crippen molar-refractivity contribution in [3.05, 3.63) is 65.7 Å². The lowest BCUT2D eigenvalue weighted by atomic mass is 9.89. The van der Waals surface area contributed by atoms with Crippen LogP contribution < -0.4 is 43.1 Å². The highest BCUT2D eigenvalue weighted by Crippen LogP contribution is 2.31. The van der Waals surface area contributed by atoms with E-state index in [4.69, 9.17) is 24.8 Å². The molecular formula is C69H112N14O13. The molecule has 27 heteroatoms. The molecule has 0 aliphatic carbocycles. The van der Waals surface area contributed by atoms with Crippen molar-refractivity contribution >= 4 is 59.2 Å². The van der Waals surface area contributed by atoms with Crippen LogP contribution in [0.5, 0.6) is 0 Å². The molecule has 2 aliphatic heterocycles. The second-order valence-electron chi connectivity index (χ2n) is 27.2. The minimum atomic E-state index is -1.08. The summed E-state index contributed by atoms with van der Waals surface area (Å²) in [6, 6.07) is 11.4. The smallest absolute Gasteiger partial charge is 0.431 e. The summed E-state index contributed by atoms with van der Waals surface area (Å²) in [7, 11) is 12.2. The second-order valence-corrected chi connectivity index (χ2v) is 27.2. The maximum absolute atomic E-state index is 15.0. The third-order valence-electron chi connectivity index (χ3n) is 18.3. The van der Waals surface area contributed by atoms with E-state index in [1.807, 2.05) is 103 Å². The normalized spacial score (nSPS) is 18.4. The number of hydroxylamine groups is 1. The molecule has 2 aliphatic rings. The van der Waals surface area contributed by atoms with Crippen molar-refractivity contribution in [2.45, 2.75) is 181 Å². The molecule has 536 valence electrons. The molecule has 2 fully saturated rings. The Morgan fingerprint density at radius 1 is 0.760 bits per heavy atom. The summed E-state index contributed by atoms with van der Waals surface area (Å²) in [5.41, 5.74) is 9.35. The fraction of sp³-hybridized carbons (Fsp3) is 0.681. The first kappa shape index (κ1) is 81.0. The summed E-state index contributed by atoms with van der Waals surface area (Å²) >= 11 is 0. The Labute approximate surface area is 569 Å². The number of carbonyl (C=O) groups excluding carboxylic acids is 9. The minimum absolute atomic E-state index is 0.0407. The zero-order chi connectivity index (χ0) is 71.5. The van der Waals surface area contributed by atoms with E-state index >= 15 is 4.79 Å². The first-order valence-corrected chi connectivity index (χ1v) is 33.7. The highest BCUT2D eigenvalue weighted by molar-refractivity contribution is 5.98. The van der Waals surface area contributed by atoms with Crippen LogP contribution >= 0.6 is 0 Å². The first-order chi connectivity index (χ1) is 45.4. The summed E-state index contributed by atoms with van der Waals surface area (Å²) in [5, 5.41) is 27.0. The van der Waals surface area contributed by atoms with Gasteiger partial charge in [0, 0.05) is 59.4 Å². The van der Waals surface area contributed by atoms with Crippen LogP contribution in [0.1, 0.15) is 118 Å². The summed E-state index contributed by atoms with van der Waals surface area (Å²) in [6.07, 6.45) is -0.450. The number of hydrogen-bond donors (Lipinski definition) is 8. The summed E-state index contributed by atoms with van der Waals surface area (Å²) in [6.45, 7) is 19.5. The number of nitrogens with two attached hydrogens (primary N) is 1. The van der Waals surface area contributed by atoms with Crippen molar-refractivity contribution < 1.29 is 62.2 Å². The molecule has 4 rings (SSSR count). The number of nitrogens with zero attached hydrogens (tertiary/aromatic N) is 6. The zero-order valence-electron chi connectivity index (χ0n) is 59.6. The third-order valence-corrected chi connectivity index (χ3v) is 18.3. The third kappa shape index (κ3) is 25.5. The Morgan fingerprint density at radius 2 is 1.41 bits per heavy atom. The number of methoxy groups -OCH3 is 2. The van der Waals surface area contributed by atoms with Gasteiger partial charge in [0.1, 0.15) is 36.9 Å². The Morgan fingerprint density at radius 3 is 1.97 bits per heavy atom. The maximum Gasteiger partial charge on any atom is 0.431 e. The van der Waals surface area contributed by atoms with Gasteiger partial charge < -0.3 is 66.5 Å². The van der Waals surface area contributed by atoms with Crippen LogP contribution in [0.2, 0.25) is 0 Å². The maximum atomic E-state index is 15.0. The van der Waals surface area contributed by atoms with Gasteiger partial charge in [0.25, 0.3) is 0 Å². The lowest BCUT2D eigenvalue weighted by Gasteiger charge is -2.41. The van der Waals surface area contributed by atoms with E-state index in [-0.39, 0.29) is 99.7 Å². The molecule has 2 heterocycles. The first-order valence-electron chi connectivity index (χ1n) is 33.7. The average molecular weight is 1350 g/mol. The molecule has 12 atom stereocenters. The number of nitrogens with one attached hydrogen (secondary N) is 7. The van der Waals surface area contributed by atoms with Crippen molar-refractivity contribution in [2.75, 3.05) is 94.0 Å². The standard InChI is InChI=1S/C69H112N14O13/c1-17-45(8)61(82(14)67(90)59(43(4)5)77-66(89)60(44(6)7)79(10)11)55(93-15)36-57(85)83-39-52(35-54(83)62(94-16)46(9)63(86)74-51(37-70)34-47-22-19-18-20-23-47)96-78-69(92)95-41-49-25-27-50(28-26-49)73-64(87)53(24-21-31-72-68(71)91)75-65(88)58(42(2)3)76-56(84)40-81(13)38-48-29-32-80(12)33-30-48/h18-20,22-23,25-28,42-46,48,51-55,58-62H,17,21,24,29-36,38-41H2,1-16H3,(H,73,87)(H,74,86)(H,75,88)(H,76,84)(H,77,89)(H,78,92)(H3,71,72,91)/t45-,46+,51-,52+,53+,54-,55+,58+,59-,60-,61-,62+/m0/s1. The van der Waals surface area contributed by atoms with E-state index in [2.05, 4.69) is 55.4 Å². The number of anilines is 1. The van der Waals surface area contributed by atoms with Crippen LogP contribution in [0.3, 0.4) is 0 Å². The average Bonchev–Trinajstić information content (AvgIpc) is 1.56. The molecule has 0 saturated carbocycles. The van der Waals surface area contributed by atoms with Crippen molar-refractivity contribution in [1.82, 2.24) is 56.6 Å². The van der Waals surface area contributed by atoms with Crippen molar-refractivity contribution in [3.63, 3.8) is 0 Å². The quantitative estimate of drug-likeness (QED) is 0.0348. The SMILES string of the molecule is CC[C@H](C)[C@@H]([C@@H](CC(=O)N1C[C@H](ONC(=O)OCc2ccc(NC(=O)[C@@H](CCCNC(N)=O)NC(=O)[C@H](NC(=O)CN(C)CC3CCN(C)CC3)C(C)C)cc2)C[C@H]1[C@H](OC)[C@@H](C)C(=O)N[C@H](C#N)Cc1ccccc1)OC)N(C)C(=O)[C@@H](NC(=O)[C@H](C(C)C)N(C)C)C(C)C. The van der Waals surface area contributed by atoms with Gasteiger partial charge in [-0.2, -0.15) is 10.7 Å². The number of ether oxygens (including phenoxy) is 3. The van der Waals surface area contributed by atoms with Crippen LogP contribution in [0, 0.1) is 46.8 Å². The van der Waals surface area contributed by atoms with E-state index in [0.717, 1.165) is 38.0 Å². The molecule has 0 bridgehead atoms. The highest BCUT2D eigenvalue weighted by Gasteiger charge is 2.47. The molecule has 10 amide bonds. The Hall–Kier alpha value is -7.48. The van der Waals surface area contributed by atoms with Gasteiger partial charge in [0.05, 0.1) is 55.3 Å². The van der Waals surface area contributed by atoms with Gasteiger partial charge in [-0.1, -0.05) is 111 Å². The van der Waals surface area contributed by atoms with Crippen LogP contribution in [0.25, 0.3) is 0 Å². The zero-order valence-corrected chi connectivity index (χ0v) is 59.6. The highest BCUT2D eigenvalue weighted by atomic mass is 16.7. The van der Waals surface area contributed by atoms with Crippen molar-refractivity contribution in [1.29, 1.82) is 5.26 Å². The number of carbonyl (C=O) groups is 9. The number of hydrogen-bond acceptors (Lipinski definition) is 17. The second kappa shape index (κ2) is 40.3. The number of piperidine rings is 1. The monoisotopic (exact) mass is 1340 g/mol. The van der Waals surface area contributed by atoms with Gasteiger partial charge >= 0.3 is 12.1 Å². The predicted molar refractivity (Wildman–Crippen MR) is 365 cm³/mol. The number of likely N-dealkylation sites (N-methyl/N-ethyl adjacent to an activating group) is 3. The summed E-state index contributed by atoms with van der Waals surface area (Å²) in [4.78, 5) is 138. The van der Waals surface area contributed by atoms with Gasteiger partial charge in [-0.15, -0.1) is 0 Å². The Bertz CT molecular complexity index is 2850. The number of rotatable bonds is 38. The van der Waals surface area contributed by atoms with Crippen LogP contribution in [-0.4, -0.2) is 227 Å². The lowest BCUT2D eigenvalue weighted by molar-refractivity contribution is -0.148. The number of urea groups is 1. The molecule has 2 aromatic carbocycles. The van der Waals surface area contributed by atoms with Gasteiger partial charge in [0.2, 0.25) is 41.4 Å².